The minimum absolute atomic E-state index is 0.274. The smallest absolute Gasteiger partial charge is 0.374 e. The lowest BCUT2D eigenvalue weighted by Crippen LogP contribution is -2.06. The number of aromatic amines is 1. The number of carbonyl (C=O) groups is 1. The number of hydrogen-bond acceptors (Lipinski definition) is 3. The number of ether oxygens (including phenoxy) is 1. The predicted molar refractivity (Wildman–Crippen MR) is 103 cm³/mol. The molecule has 0 radical (unpaired) electrons. The molecule has 134 valence electrons. The number of esters is 1. The fraction of sp³-hybridized carbons (Fsp3) is 0.273. The van der Waals surface area contributed by atoms with Crippen LogP contribution in [0.3, 0.4) is 0 Å². The van der Waals surface area contributed by atoms with Crippen molar-refractivity contribution in [2.75, 3.05) is 6.61 Å². The van der Waals surface area contributed by atoms with Gasteiger partial charge in [0.1, 0.15) is 0 Å². The van der Waals surface area contributed by atoms with E-state index in [0.717, 1.165) is 11.4 Å². The van der Waals surface area contributed by atoms with Crippen LogP contribution in [0.1, 0.15) is 51.2 Å². The SMILES string of the molecule is CCOC(=O)c1nc(Cc2ccc(C)cc2)c(Cc2ccc(C)cc2)[nH]1. The Labute approximate surface area is 154 Å². The molecule has 0 fully saturated rings. The molecule has 0 aliphatic rings. The van der Waals surface area contributed by atoms with Crippen molar-refractivity contribution in [2.24, 2.45) is 0 Å². The van der Waals surface area contributed by atoms with Crippen LogP contribution >= 0.6 is 0 Å². The first-order chi connectivity index (χ1) is 12.5. The molecular formula is C22H24N2O2. The Bertz CT molecular complexity index is 813. The molecule has 1 N–H and O–H groups in total. The molecule has 26 heavy (non-hydrogen) atoms. The fourth-order valence-corrected chi connectivity index (χ4v) is 2.84. The average Bonchev–Trinajstić information content (AvgIpc) is 3.02. The van der Waals surface area contributed by atoms with Gasteiger partial charge < -0.3 is 9.72 Å². The molecule has 0 aliphatic carbocycles. The van der Waals surface area contributed by atoms with Crippen molar-refractivity contribution in [3.63, 3.8) is 0 Å². The minimum Gasteiger partial charge on any atom is -0.460 e. The second-order valence-electron chi connectivity index (χ2n) is 6.56. The van der Waals surface area contributed by atoms with E-state index < -0.39 is 5.97 Å². The lowest BCUT2D eigenvalue weighted by atomic mass is 10.0. The Morgan fingerprint density at radius 3 is 2.00 bits per heavy atom. The number of rotatable bonds is 6. The summed E-state index contributed by atoms with van der Waals surface area (Å²) >= 11 is 0. The van der Waals surface area contributed by atoms with E-state index >= 15 is 0 Å². The van der Waals surface area contributed by atoms with Gasteiger partial charge in [0, 0.05) is 18.5 Å². The van der Waals surface area contributed by atoms with Crippen LogP contribution in [-0.4, -0.2) is 22.5 Å². The van der Waals surface area contributed by atoms with Crippen LogP contribution in [0.5, 0.6) is 0 Å². The molecule has 4 nitrogen and oxygen atoms in total. The summed E-state index contributed by atoms with van der Waals surface area (Å²) in [5.74, 6) is -0.135. The van der Waals surface area contributed by atoms with Gasteiger partial charge in [-0.2, -0.15) is 0 Å². The number of hydrogen-bond donors (Lipinski definition) is 1. The molecule has 0 unspecified atom stereocenters. The summed E-state index contributed by atoms with van der Waals surface area (Å²) in [6, 6.07) is 16.8. The van der Waals surface area contributed by atoms with Crippen molar-refractivity contribution < 1.29 is 9.53 Å². The Balaban J connectivity index is 1.90. The summed E-state index contributed by atoms with van der Waals surface area (Å²) in [7, 11) is 0. The number of nitrogens with zero attached hydrogens (tertiary/aromatic N) is 1. The molecule has 0 bridgehead atoms. The van der Waals surface area contributed by atoms with E-state index in [-0.39, 0.29) is 5.82 Å². The van der Waals surface area contributed by atoms with E-state index in [2.05, 4.69) is 72.3 Å². The molecule has 2 aromatic carbocycles. The van der Waals surface area contributed by atoms with E-state index in [9.17, 15) is 4.79 Å². The number of nitrogens with one attached hydrogen (secondary N) is 1. The molecule has 0 spiro atoms. The van der Waals surface area contributed by atoms with Gasteiger partial charge in [0.05, 0.1) is 12.3 Å². The van der Waals surface area contributed by atoms with Gasteiger partial charge in [-0.15, -0.1) is 0 Å². The van der Waals surface area contributed by atoms with E-state index in [4.69, 9.17) is 4.74 Å². The molecule has 0 saturated carbocycles. The Kier molecular flexibility index (Phi) is 5.52. The van der Waals surface area contributed by atoms with E-state index in [0.29, 0.717) is 19.4 Å². The van der Waals surface area contributed by atoms with E-state index in [1.165, 1.54) is 22.3 Å². The molecule has 0 amide bonds. The molecule has 1 aromatic heterocycles. The number of aryl methyl sites for hydroxylation is 2. The van der Waals surface area contributed by atoms with Crippen molar-refractivity contribution in [1.29, 1.82) is 0 Å². The topological polar surface area (TPSA) is 55.0 Å². The summed E-state index contributed by atoms with van der Waals surface area (Å²) in [5.41, 5.74) is 6.64. The van der Waals surface area contributed by atoms with Crippen LogP contribution in [0.25, 0.3) is 0 Å². The highest BCUT2D eigenvalue weighted by Crippen LogP contribution is 2.18. The maximum Gasteiger partial charge on any atom is 0.374 e. The number of aromatic nitrogens is 2. The second-order valence-corrected chi connectivity index (χ2v) is 6.56. The Morgan fingerprint density at radius 1 is 0.923 bits per heavy atom. The van der Waals surface area contributed by atoms with Gasteiger partial charge in [-0.05, 0) is 31.9 Å². The standard InChI is InChI=1S/C22H24N2O2/c1-4-26-22(25)21-23-19(13-17-9-5-15(2)6-10-17)20(24-21)14-18-11-7-16(3)8-12-18/h5-12H,4,13-14H2,1-3H3,(H,23,24). The van der Waals surface area contributed by atoms with Gasteiger partial charge in [-0.3, -0.25) is 0 Å². The summed E-state index contributed by atoms with van der Waals surface area (Å²) in [6.07, 6.45) is 1.38. The first kappa shape index (κ1) is 17.9. The fourth-order valence-electron chi connectivity index (χ4n) is 2.84. The summed E-state index contributed by atoms with van der Waals surface area (Å²) < 4.78 is 5.10. The van der Waals surface area contributed by atoms with Crippen LogP contribution in [0.15, 0.2) is 48.5 Å². The van der Waals surface area contributed by atoms with Crippen LogP contribution in [0.4, 0.5) is 0 Å². The van der Waals surface area contributed by atoms with Crippen molar-refractivity contribution in [3.05, 3.63) is 88.0 Å². The average molecular weight is 348 g/mol. The first-order valence-electron chi connectivity index (χ1n) is 8.91. The Hall–Kier alpha value is -2.88. The van der Waals surface area contributed by atoms with Crippen molar-refractivity contribution in [3.8, 4) is 0 Å². The van der Waals surface area contributed by atoms with Crippen LogP contribution in [0.2, 0.25) is 0 Å². The third kappa shape index (κ3) is 4.39. The number of benzene rings is 2. The van der Waals surface area contributed by atoms with Gasteiger partial charge in [0.15, 0.2) is 0 Å². The van der Waals surface area contributed by atoms with Crippen molar-refractivity contribution >= 4 is 5.97 Å². The predicted octanol–water partition coefficient (Wildman–Crippen LogP) is 4.38. The highest BCUT2D eigenvalue weighted by atomic mass is 16.5. The lowest BCUT2D eigenvalue weighted by molar-refractivity contribution is 0.0513. The number of carbonyl (C=O) groups excluding carboxylic acids is 1. The molecule has 1 heterocycles. The first-order valence-corrected chi connectivity index (χ1v) is 8.91. The van der Waals surface area contributed by atoms with Gasteiger partial charge in [0.25, 0.3) is 0 Å². The normalized spacial score (nSPS) is 10.7. The van der Waals surface area contributed by atoms with Crippen LogP contribution < -0.4 is 0 Å². The van der Waals surface area contributed by atoms with Gasteiger partial charge in [0.2, 0.25) is 5.82 Å². The summed E-state index contributed by atoms with van der Waals surface area (Å²) in [4.78, 5) is 19.8. The number of H-pyrrole nitrogens is 1. The quantitative estimate of drug-likeness (QED) is 0.672. The molecule has 4 heteroatoms. The van der Waals surface area contributed by atoms with Crippen molar-refractivity contribution in [1.82, 2.24) is 9.97 Å². The zero-order valence-corrected chi connectivity index (χ0v) is 15.5. The molecule has 0 aliphatic heterocycles. The van der Waals surface area contributed by atoms with E-state index in [1.807, 2.05) is 0 Å². The third-order valence-electron chi connectivity index (χ3n) is 4.33. The minimum atomic E-state index is -0.409. The Morgan fingerprint density at radius 2 is 1.46 bits per heavy atom. The largest absolute Gasteiger partial charge is 0.460 e. The van der Waals surface area contributed by atoms with Gasteiger partial charge in [-0.25, -0.2) is 9.78 Å². The van der Waals surface area contributed by atoms with Gasteiger partial charge in [-0.1, -0.05) is 59.7 Å². The highest BCUT2D eigenvalue weighted by molar-refractivity contribution is 5.85. The zero-order chi connectivity index (χ0) is 18.5. The molecule has 0 saturated heterocycles. The zero-order valence-electron chi connectivity index (χ0n) is 15.5. The highest BCUT2D eigenvalue weighted by Gasteiger charge is 2.17. The van der Waals surface area contributed by atoms with Crippen molar-refractivity contribution in [2.45, 2.75) is 33.6 Å². The van der Waals surface area contributed by atoms with Gasteiger partial charge >= 0.3 is 5.97 Å². The van der Waals surface area contributed by atoms with Crippen LogP contribution in [-0.2, 0) is 17.6 Å². The maximum absolute atomic E-state index is 12.1. The third-order valence-corrected chi connectivity index (χ3v) is 4.33. The number of imidazole rings is 1. The molecule has 3 rings (SSSR count). The molecule has 0 atom stereocenters. The van der Waals surface area contributed by atoms with E-state index in [1.54, 1.807) is 6.92 Å². The maximum atomic E-state index is 12.1. The molecule has 3 aromatic rings. The summed E-state index contributed by atoms with van der Waals surface area (Å²) in [6.45, 7) is 6.27. The second kappa shape index (κ2) is 8.00. The molecular weight excluding hydrogens is 324 g/mol. The van der Waals surface area contributed by atoms with Crippen LogP contribution in [0, 0.1) is 13.8 Å². The monoisotopic (exact) mass is 348 g/mol. The summed E-state index contributed by atoms with van der Waals surface area (Å²) in [5, 5.41) is 0. The lowest BCUT2D eigenvalue weighted by Gasteiger charge is -2.05.